The highest BCUT2D eigenvalue weighted by atomic mass is 19.3. The maximum atomic E-state index is 13.2. The Morgan fingerprint density at radius 1 is 1.08 bits per heavy atom. The summed E-state index contributed by atoms with van der Waals surface area (Å²) in [6.45, 7) is 2.22. The van der Waals surface area contributed by atoms with E-state index in [0.717, 1.165) is 18.8 Å². The molecule has 0 bridgehead atoms. The first-order valence-corrected chi connectivity index (χ1v) is 9.98. The molecular weight excluding hydrogens is 310 g/mol. The summed E-state index contributed by atoms with van der Waals surface area (Å²) in [6, 6.07) is 0. The molecule has 0 aromatic carbocycles. The van der Waals surface area contributed by atoms with Gasteiger partial charge in [-0.3, -0.25) is 4.79 Å². The van der Waals surface area contributed by atoms with Crippen LogP contribution >= 0.6 is 0 Å². The van der Waals surface area contributed by atoms with E-state index in [-0.39, 0.29) is 17.8 Å². The Labute approximate surface area is 145 Å². The number of carboxylic acids is 1. The van der Waals surface area contributed by atoms with E-state index in [1.807, 2.05) is 0 Å². The standard InChI is InChI=1S/C20H34F2O2/c1-2-3-4-5-15-6-8-17(9-7-15)20(14-18(21)22)12-10-16(11-13-20)19(23)24/h15-18H,2-14H2,1H3,(H,23,24)/t15?,16-,17?,20-. The van der Waals surface area contributed by atoms with Crippen molar-refractivity contribution in [2.24, 2.45) is 23.2 Å². The number of aliphatic carboxylic acids is 1. The largest absolute Gasteiger partial charge is 0.481 e. The average molecular weight is 344 g/mol. The van der Waals surface area contributed by atoms with Crippen LogP contribution in [0.2, 0.25) is 0 Å². The Kier molecular flexibility index (Phi) is 7.49. The van der Waals surface area contributed by atoms with Crippen molar-refractivity contribution in [2.75, 3.05) is 0 Å². The number of carbonyl (C=O) groups is 1. The Morgan fingerprint density at radius 3 is 2.21 bits per heavy atom. The topological polar surface area (TPSA) is 37.3 Å². The molecule has 2 saturated carbocycles. The number of rotatable bonds is 8. The first-order valence-electron chi connectivity index (χ1n) is 9.98. The smallest absolute Gasteiger partial charge is 0.306 e. The summed E-state index contributed by atoms with van der Waals surface area (Å²) in [4.78, 5) is 11.2. The summed E-state index contributed by atoms with van der Waals surface area (Å²) in [7, 11) is 0. The predicted octanol–water partition coefficient (Wildman–Crippen LogP) is 6.29. The van der Waals surface area contributed by atoms with Crippen molar-refractivity contribution >= 4 is 5.97 Å². The minimum Gasteiger partial charge on any atom is -0.481 e. The highest BCUT2D eigenvalue weighted by molar-refractivity contribution is 5.70. The summed E-state index contributed by atoms with van der Waals surface area (Å²) in [5.41, 5.74) is -0.297. The monoisotopic (exact) mass is 344 g/mol. The maximum Gasteiger partial charge on any atom is 0.306 e. The molecule has 1 N–H and O–H groups in total. The van der Waals surface area contributed by atoms with E-state index in [1.54, 1.807) is 0 Å². The van der Waals surface area contributed by atoms with Gasteiger partial charge in [0.15, 0.2) is 0 Å². The molecule has 4 heteroatoms. The molecule has 0 heterocycles. The van der Waals surface area contributed by atoms with Crippen LogP contribution in [0.1, 0.15) is 90.4 Å². The molecule has 0 spiro atoms. The van der Waals surface area contributed by atoms with Gasteiger partial charge in [-0.1, -0.05) is 45.4 Å². The highest BCUT2D eigenvalue weighted by Gasteiger charge is 2.45. The van der Waals surface area contributed by atoms with E-state index in [1.165, 1.54) is 38.5 Å². The van der Waals surface area contributed by atoms with Crippen molar-refractivity contribution in [2.45, 2.75) is 96.8 Å². The van der Waals surface area contributed by atoms with Crippen molar-refractivity contribution in [3.8, 4) is 0 Å². The molecule has 0 atom stereocenters. The second-order valence-electron chi connectivity index (χ2n) is 8.28. The third-order valence-corrected chi connectivity index (χ3v) is 6.82. The van der Waals surface area contributed by atoms with Crippen LogP contribution in [0.15, 0.2) is 0 Å². The Morgan fingerprint density at radius 2 is 1.71 bits per heavy atom. The fourth-order valence-corrected chi connectivity index (χ4v) is 5.27. The Hall–Kier alpha value is -0.670. The molecule has 0 unspecified atom stereocenters. The number of hydrogen-bond donors (Lipinski definition) is 1. The highest BCUT2D eigenvalue weighted by Crippen LogP contribution is 2.53. The summed E-state index contributed by atoms with van der Waals surface area (Å²) in [5.74, 6) is 0.0943. The summed E-state index contributed by atoms with van der Waals surface area (Å²) in [6.07, 6.45) is 9.88. The van der Waals surface area contributed by atoms with Crippen LogP contribution < -0.4 is 0 Å². The van der Waals surface area contributed by atoms with Gasteiger partial charge in [-0.25, -0.2) is 8.78 Å². The van der Waals surface area contributed by atoms with Crippen LogP contribution in [0.25, 0.3) is 0 Å². The lowest BCUT2D eigenvalue weighted by atomic mass is 9.57. The van der Waals surface area contributed by atoms with Gasteiger partial charge in [0, 0.05) is 6.42 Å². The van der Waals surface area contributed by atoms with Gasteiger partial charge in [-0.2, -0.15) is 0 Å². The normalized spacial score (nSPS) is 34.4. The fraction of sp³-hybridized carbons (Fsp3) is 0.950. The van der Waals surface area contributed by atoms with E-state index in [0.29, 0.717) is 31.6 Å². The molecule has 24 heavy (non-hydrogen) atoms. The summed E-state index contributed by atoms with van der Waals surface area (Å²) in [5, 5.41) is 9.19. The van der Waals surface area contributed by atoms with Gasteiger partial charge in [0.05, 0.1) is 5.92 Å². The Bertz CT molecular complexity index is 381. The molecule has 0 amide bonds. The molecule has 140 valence electrons. The predicted molar refractivity (Wildman–Crippen MR) is 92.2 cm³/mol. The van der Waals surface area contributed by atoms with Gasteiger partial charge in [-0.15, -0.1) is 0 Å². The first kappa shape index (κ1) is 19.7. The molecule has 0 radical (unpaired) electrons. The van der Waals surface area contributed by atoms with E-state index in [9.17, 15) is 18.7 Å². The minimum atomic E-state index is -2.27. The van der Waals surface area contributed by atoms with Crippen LogP contribution in [0, 0.1) is 23.2 Å². The van der Waals surface area contributed by atoms with Gasteiger partial charge in [0.1, 0.15) is 0 Å². The maximum absolute atomic E-state index is 13.2. The van der Waals surface area contributed by atoms with Gasteiger partial charge >= 0.3 is 5.97 Å². The number of unbranched alkanes of at least 4 members (excludes halogenated alkanes) is 2. The zero-order chi connectivity index (χ0) is 17.6. The van der Waals surface area contributed by atoms with Gasteiger partial charge in [0.25, 0.3) is 0 Å². The first-order chi connectivity index (χ1) is 11.5. The number of halogens is 2. The lowest BCUT2D eigenvalue weighted by molar-refractivity contribution is -0.144. The molecule has 2 aliphatic carbocycles. The third kappa shape index (κ3) is 5.16. The van der Waals surface area contributed by atoms with Crippen molar-refractivity contribution in [1.82, 2.24) is 0 Å². The SMILES string of the molecule is CCCCCC1CCC([C@]2(CC(F)F)CC[C@@H](C(=O)O)CC2)CC1. The van der Waals surface area contributed by atoms with Crippen molar-refractivity contribution in [1.29, 1.82) is 0 Å². The van der Waals surface area contributed by atoms with Crippen molar-refractivity contribution in [3.05, 3.63) is 0 Å². The van der Waals surface area contributed by atoms with Crippen molar-refractivity contribution < 1.29 is 18.7 Å². The molecule has 0 saturated heterocycles. The fourth-order valence-electron chi connectivity index (χ4n) is 5.27. The second-order valence-corrected chi connectivity index (χ2v) is 8.28. The summed E-state index contributed by atoms with van der Waals surface area (Å²) >= 11 is 0. The summed E-state index contributed by atoms with van der Waals surface area (Å²) < 4.78 is 26.5. The number of hydrogen-bond acceptors (Lipinski definition) is 1. The van der Waals surface area contributed by atoms with Crippen LogP contribution in [0.5, 0.6) is 0 Å². The quantitative estimate of drug-likeness (QED) is 0.525. The lowest BCUT2D eigenvalue weighted by Crippen LogP contribution is -2.40. The average Bonchev–Trinajstić information content (AvgIpc) is 2.55. The molecule has 0 aromatic heterocycles. The molecule has 2 rings (SSSR count). The van der Waals surface area contributed by atoms with Crippen LogP contribution in [0.4, 0.5) is 8.78 Å². The van der Waals surface area contributed by atoms with Crippen LogP contribution in [-0.2, 0) is 4.79 Å². The van der Waals surface area contributed by atoms with Gasteiger partial charge in [0.2, 0.25) is 6.43 Å². The van der Waals surface area contributed by atoms with Crippen LogP contribution in [0.3, 0.4) is 0 Å². The van der Waals surface area contributed by atoms with E-state index >= 15 is 0 Å². The molecule has 2 fully saturated rings. The second kappa shape index (κ2) is 9.15. The van der Waals surface area contributed by atoms with Gasteiger partial charge in [-0.05, 0) is 55.8 Å². The van der Waals surface area contributed by atoms with Crippen LogP contribution in [-0.4, -0.2) is 17.5 Å². The van der Waals surface area contributed by atoms with Crippen molar-refractivity contribution in [3.63, 3.8) is 0 Å². The van der Waals surface area contributed by atoms with Gasteiger partial charge < -0.3 is 5.11 Å². The molecular formula is C20H34F2O2. The Balaban J connectivity index is 1.91. The lowest BCUT2D eigenvalue weighted by Gasteiger charge is -2.47. The molecule has 0 aliphatic heterocycles. The molecule has 2 aliphatic rings. The van der Waals surface area contributed by atoms with E-state index in [2.05, 4.69) is 6.92 Å². The molecule has 0 aromatic rings. The third-order valence-electron chi connectivity index (χ3n) is 6.82. The van der Waals surface area contributed by atoms with E-state index in [4.69, 9.17) is 0 Å². The number of alkyl halides is 2. The van der Waals surface area contributed by atoms with E-state index < -0.39 is 12.4 Å². The zero-order valence-electron chi connectivity index (χ0n) is 15.1. The zero-order valence-corrected chi connectivity index (χ0v) is 15.1. The minimum absolute atomic E-state index is 0.0233. The molecule has 2 nitrogen and oxygen atoms in total. The number of carboxylic acid groups (broad SMARTS) is 1.